The Morgan fingerprint density at radius 1 is 1.12 bits per heavy atom. The van der Waals surface area contributed by atoms with Gasteiger partial charge in [-0.05, 0) is 43.5 Å². The number of carbonyl (C=O) groups is 1. The summed E-state index contributed by atoms with van der Waals surface area (Å²) in [5.41, 5.74) is 0.0867. The second kappa shape index (κ2) is 8.39. The van der Waals surface area contributed by atoms with E-state index in [0.29, 0.717) is 50.8 Å². The van der Waals surface area contributed by atoms with Gasteiger partial charge in [0.1, 0.15) is 0 Å². The van der Waals surface area contributed by atoms with E-state index in [4.69, 9.17) is 4.74 Å². The molecule has 4 nitrogen and oxygen atoms in total. The Labute approximate surface area is 151 Å². The molecule has 2 aliphatic rings. The van der Waals surface area contributed by atoms with Gasteiger partial charge in [0.15, 0.2) is 0 Å². The van der Waals surface area contributed by atoms with Crippen LogP contribution in [0.1, 0.15) is 30.4 Å². The SMILES string of the molecule is O=C(CC1CCN(Cc2cccc(C(F)(F)F)c2)CC1)N1CCOCC1. The van der Waals surface area contributed by atoms with Crippen LogP contribution in [0.4, 0.5) is 13.2 Å². The van der Waals surface area contributed by atoms with E-state index in [2.05, 4.69) is 4.90 Å². The Morgan fingerprint density at radius 2 is 1.81 bits per heavy atom. The van der Waals surface area contributed by atoms with E-state index < -0.39 is 11.7 Å². The zero-order valence-corrected chi connectivity index (χ0v) is 14.8. The molecule has 0 bridgehead atoms. The van der Waals surface area contributed by atoms with Crippen LogP contribution in [0.15, 0.2) is 24.3 Å². The van der Waals surface area contributed by atoms with Crippen molar-refractivity contribution in [1.29, 1.82) is 0 Å². The number of alkyl halides is 3. The van der Waals surface area contributed by atoms with Crippen molar-refractivity contribution >= 4 is 5.91 Å². The number of hydrogen-bond acceptors (Lipinski definition) is 3. The van der Waals surface area contributed by atoms with Crippen LogP contribution in [-0.4, -0.2) is 55.1 Å². The zero-order valence-electron chi connectivity index (χ0n) is 14.8. The maximum Gasteiger partial charge on any atom is 0.416 e. The van der Waals surface area contributed by atoms with Gasteiger partial charge in [-0.25, -0.2) is 0 Å². The van der Waals surface area contributed by atoms with E-state index in [-0.39, 0.29) is 5.91 Å². The summed E-state index contributed by atoms with van der Waals surface area (Å²) in [6, 6.07) is 5.54. The summed E-state index contributed by atoms with van der Waals surface area (Å²) in [7, 11) is 0. The van der Waals surface area contributed by atoms with Gasteiger partial charge < -0.3 is 9.64 Å². The van der Waals surface area contributed by atoms with Crippen molar-refractivity contribution in [3.8, 4) is 0 Å². The first-order valence-corrected chi connectivity index (χ1v) is 9.16. The summed E-state index contributed by atoms with van der Waals surface area (Å²) in [4.78, 5) is 16.4. The van der Waals surface area contributed by atoms with Crippen LogP contribution < -0.4 is 0 Å². The van der Waals surface area contributed by atoms with Gasteiger partial charge in [-0.1, -0.05) is 18.2 Å². The zero-order chi connectivity index (χ0) is 18.6. The number of halogens is 3. The fourth-order valence-corrected chi connectivity index (χ4v) is 3.64. The average molecular weight is 370 g/mol. The second-order valence-electron chi connectivity index (χ2n) is 7.11. The average Bonchev–Trinajstić information content (AvgIpc) is 2.63. The molecule has 2 aliphatic heterocycles. The summed E-state index contributed by atoms with van der Waals surface area (Å²) in [5.74, 6) is 0.563. The lowest BCUT2D eigenvalue weighted by molar-refractivity contribution is -0.138. The van der Waals surface area contributed by atoms with Gasteiger partial charge in [-0.2, -0.15) is 13.2 Å². The minimum absolute atomic E-state index is 0.199. The summed E-state index contributed by atoms with van der Waals surface area (Å²) < 4.78 is 43.7. The molecule has 7 heteroatoms. The first kappa shape index (κ1) is 19.2. The molecule has 2 fully saturated rings. The van der Waals surface area contributed by atoms with Gasteiger partial charge in [0.05, 0.1) is 18.8 Å². The van der Waals surface area contributed by atoms with Crippen molar-refractivity contribution in [3.63, 3.8) is 0 Å². The van der Waals surface area contributed by atoms with Crippen molar-refractivity contribution in [1.82, 2.24) is 9.80 Å². The number of likely N-dealkylation sites (tertiary alicyclic amines) is 1. The van der Waals surface area contributed by atoms with Crippen LogP contribution in [0.5, 0.6) is 0 Å². The molecule has 0 spiro atoms. The Morgan fingerprint density at radius 3 is 2.46 bits per heavy atom. The molecule has 1 amide bonds. The van der Waals surface area contributed by atoms with Crippen molar-refractivity contribution in [3.05, 3.63) is 35.4 Å². The van der Waals surface area contributed by atoms with Crippen molar-refractivity contribution in [2.75, 3.05) is 39.4 Å². The third kappa shape index (κ3) is 5.20. The number of ether oxygens (including phenoxy) is 1. The van der Waals surface area contributed by atoms with E-state index in [0.717, 1.165) is 32.0 Å². The molecule has 1 aromatic rings. The first-order chi connectivity index (χ1) is 12.4. The van der Waals surface area contributed by atoms with Crippen LogP contribution in [0.3, 0.4) is 0 Å². The lowest BCUT2D eigenvalue weighted by Crippen LogP contribution is -2.42. The Balaban J connectivity index is 1.46. The van der Waals surface area contributed by atoms with E-state index in [9.17, 15) is 18.0 Å². The van der Waals surface area contributed by atoms with Gasteiger partial charge in [-0.15, -0.1) is 0 Å². The number of rotatable bonds is 4. The quantitative estimate of drug-likeness (QED) is 0.816. The molecule has 0 atom stereocenters. The predicted molar refractivity (Wildman–Crippen MR) is 91.5 cm³/mol. The fourth-order valence-electron chi connectivity index (χ4n) is 3.64. The molecule has 26 heavy (non-hydrogen) atoms. The van der Waals surface area contributed by atoms with Gasteiger partial charge in [0.25, 0.3) is 0 Å². The number of amides is 1. The molecule has 2 saturated heterocycles. The number of morpholine rings is 1. The third-order valence-corrected chi connectivity index (χ3v) is 5.19. The standard InChI is InChI=1S/C19H25F3N2O2/c20-19(21,22)17-3-1-2-16(12-17)14-23-6-4-15(5-7-23)13-18(25)24-8-10-26-11-9-24/h1-3,12,15H,4-11,13-14H2. The number of nitrogens with zero attached hydrogens (tertiary/aromatic N) is 2. The normalized spacial score (nSPS) is 20.3. The van der Waals surface area contributed by atoms with E-state index >= 15 is 0 Å². The van der Waals surface area contributed by atoms with E-state index in [1.165, 1.54) is 12.1 Å². The molecule has 0 radical (unpaired) electrons. The second-order valence-corrected chi connectivity index (χ2v) is 7.11. The molecular weight excluding hydrogens is 345 g/mol. The first-order valence-electron chi connectivity index (χ1n) is 9.16. The number of benzene rings is 1. The highest BCUT2D eigenvalue weighted by molar-refractivity contribution is 5.76. The van der Waals surface area contributed by atoms with Crippen LogP contribution in [-0.2, 0) is 22.3 Å². The topological polar surface area (TPSA) is 32.8 Å². The van der Waals surface area contributed by atoms with Gasteiger partial charge in [0, 0.05) is 26.1 Å². The molecule has 144 valence electrons. The Hall–Kier alpha value is -1.60. The Bertz CT molecular complexity index is 607. The van der Waals surface area contributed by atoms with Crippen LogP contribution in [0, 0.1) is 5.92 Å². The predicted octanol–water partition coefficient (Wildman–Crippen LogP) is 3.17. The molecule has 3 rings (SSSR count). The summed E-state index contributed by atoms with van der Waals surface area (Å²) in [5, 5.41) is 0. The molecule has 1 aromatic carbocycles. The monoisotopic (exact) mass is 370 g/mol. The summed E-state index contributed by atoms with van der Waals surface area (Å²) in [6.45, 7) is 4.73. The summed E-state index contributed by atoms with van der Waals surface area (Å²) in [6.07, 6.45) is -1.91. The summed E-state index contributed by atoms with van der Waals surface area (Å²) >= 11 is 0. The maximum absolute atomic E-state index is 12.8. The number of piperidine rings is 1. The van der Waals surface area contributed by atoms with Crippen molar-refractivity contribution in [2.24, 2.45) is 5.92 Å². The minimum atomic E-state index is -4.30. The molecule has 0 aromatic heterocycles. The molecular formula is C19H25F3N2O2. The third-order valence-electron chi connectivity index (χ3n) is 5.19. The highest BCUT2D eigenvalue weighted by atomic mass is 19.4. The largest absolute Gasteiger partial charge is 0.416 e. The van der Waals surface area contributed by atoms with Crippen molar-refractivity contribution < 1.29 is 22.7 Å². The van der Waals surface area contributed by atoms with Crippen molar-refractivity contribution in [2.45, 2.75) is 32.0 Å². The molecule has 0 unspecified atom stereocenters. The molecule has 0 N–H and O–H groups in total. The van der Waals surface area contributed by atoms with E-state index in [1.54, 1.807) is 6.07 Å². The van der Waals surface area contributed by atoms with Crippen LogP contribution >= 0.6 is 0 Å². The van der Waals surface area contributed by atoms with E-state index in [1.807, 2.05) is 4.90 Å². The molecule has 0 saturated carbocycles. The van der Waals surface area contributed by atoms with Gasteiger partial charge in [0.2, 0.25) is 5.91 Å². The smallest absolute Gasteiger partial charge is 0.378 e. The molecule has 2 heterocycles. The fraction of sp³-hybridized carbons (Fsp3) is 0.632. The molecule has 0 aliphatic carbocycles. The lowest BCUT2D eigenvalue weighted by Gasteiger charge is -2.33. The minimum Gasteiger partial charge on any atom is -0.378 e. The van der Waals surface area contributed by atoms with Crippen LogP contribution in [0.25, 0.3) is 0 Å². The number of hydrogen-bond donors (Lipinski definition) is 0. The highest BCUT2D eigenvalue weighted by Crippen LogP contribution is 2.30. The Kier molecular flexibility index (Phi) is 6.19. The lowest BCUT2D eigenvalue weighted by atomic mass is 9.92. The van der Waals surface area contributed by atoms with Gasteiger partial charge in [-0.3, -0.25) is 9.69 Å². The maximum atomic E-state index is 12.8. The van der Waals surface area contributed by atoms with Crippen LogP contribution in [0.2, 0.25) is 0 Å². The van der Waals surface area contributed by atoms with Gasteiger partial charge >= 0.3 is 6.18 Å². The highest BCUT2D eigenvalue weighted by Gasteiger charge is 2.30. The number of carbonyl (C=O) groups excluding carboxylic acids is 1.